The molecule has 0 saturated carbocycles. The predicted molar refractivity (Wildman–Crippen MR) is 136 cm³/mol. The third kappa shape index (κ3) is 3.22. The highest BCUT2D eigenvalue weighted by molar-refractivity contribution is 8.20. The molecular formula is C28H32S2. The van der Waals surface area contributed by atoms with Crippen molar-refractivity contribution in [3.8, 4) is 0 Å². The topological polar surface area (TPSA) is 0 Å². The van der Waals surface area contributed by atoms with Crippen molar-refractivity contribution in [2.75, 3.05) is 11.5 Å². The second kappa shape index (κ2) is 7.07. The first-order chi connectivity index (χ1) is 14.2. The quantitative estimate of drug-likeness (QED) is 0.400. The van der Waals surface area contributed by atoms with E-state index in [1.165, 1.54) is 51.8 Å². The SMILES string of the molecule is Cc1ccc2cc(C3(c4ccc5c(c4)C(C)(C)CCC5(C)C)SCCS3)ccc2c1. The van der Waals surface area contributed by atoms with Crippen molar-refractivity contribution in [2.24, 2.45) is 0 Å². The summed E-state index contributed by atoms with van der Waals surface area (Å²) in [4.78, 5) is 0. The lowest BCUT2D eigenvalue weighted by Gasteiger charge is -2.43. The van der Waals surface area contributed by atoms with Gasteiger partial charge in [0, 0.05) is 11.5 Å². The van der Waals surface area contributed by atoms with E-state index in [9.17, 15) is 0 Å². The largest absolute Gasteiger partial charge is 0.134 e. The zero-order valence-corrected chi connectivity index (χ0v) is 20.5. The van der Waals surface area contributed by atoms with Gasteiger partial charge in [0.1, 0.15) is 4.08 Å². The molecule has 0 aromatic heterocycles. The normalized spacial score (nSPS) is 21.5. The van der Waals surface area contributed by atoms with E-state index in [1.807, 2.05) is 0 Å². The second-order valence-electron chi connectivity index (χ2n) is 10.4. The van der Waals surface area contributed by atoms with Crippen molar-refractivity contribution in [2.45, 2.75) is 62.4 Å². The second-order valence-corrected chi connectivity index (χ2v) is 13.3. The summed E-state index contributed by atoms with van der Waals surface area (Å²) in [5.74, 6) is 2.42. The van der Waals surface area contributed by atoms with E-state index in [-0.39, 0.29) is 14.9 Å². The summed E-state index contributed by atoms with van der Waals surface area (Å²) in [7, 11) is 0. The van der Waals surface area contributed by atoms with Gasteiger partial charge in [0.15, 0.2) is 0 Å². The average molecular weight is 433 g/mol. The Morgan fingerprint density at radius 3 is 1.93 bits per heavy atom. The predicted octanol–water partition coefficient (Wildman–Crippen LogP) is 8.18. The van der Waals surface area contributed by atoms with Crippen molar-refractivity contribution in [1.82, 2.24) is 0 Å². The molecule has 0 spiro atoms. The van der Waals surface area contributed by atoms with Gasteiger partial charge in [-0.1, -0.05) is 81.8 Å². The molecule has 5 rings (SSSR count). The van der Waals surface area contributed by atoms with Crippen LogP contribution in [0.5, 0.6) is 0 Å². The molecule has 0 nitrogen and oxygen atoms in total. The molecule has 3 aromatic carbocycles. The summed E-state index contributed by atoms with van der Waals surface area (Å²) in [5.41, 5.74) is 7.89. The van der Waals surface area contributed by atoms with Gasteiger partial charge in [-0.25, -0.2) is 0 Å². The van der Waals surface area contributed by atoms with Crippen LogP contribution in [0.2, 0.25) is 0 Å². The Bertz CT molecular complexity index is 1120. The molecule has 0 atom stereocenters. The maximum Gasteiger partial charge on any atom is 0.111 e. The molecular weight excluding hydrogens is 400 g/mol. The lowest BCUT2D eigenvalue weighted by Crippen LogP contribution is -2.34. The van der Waals surface area contributed by atoms with Gasteiger partial charge in [0.05, 0.1) is 0 Å². The summed E-state index contributed by atoms with van der Waals surface area (Å²) in [6.07, 6.45) is 2.53. The van der Waals surface area contributed by atoms with Crippen molar-refractivity contribution in [1.29, 1.82) is 0 Å². The standard InChI is InChI=1S/C28H32S2/c1-19-6-7-21-17-22(9-8-20(21)16-19)28(29-14-15-30-28)23-10-11-24-25(18-23)27(4,5)13-12-26(24,2)3/h6-11,16-18H,12-15H2,1-5H3. The number of rotatable bonds is 2. The van der Waals surface area contributed by atoms with Crippen LogP contribution in [0.15, 0.2) is 54.6 Å². The summed E-state index contributed by atoms with van der Waals surface area (Å²) in [6, 6.07) is 21.4. The van der Waals surface area contributed by atoms with Gasteiger partial charge < -0.3 is 0 Å². The summed E-state index contributed by atoms with van der Waals surface area (Å²) >= 11 is 4.24. The Balaban J connectivity index is 1.68. The minimum absolute atomic E-state index is 0.00573. The average Bonchev–Trinajstić information content (AvgIpc) is 3.22. The van der Waals surface area contributed by atoms with E-state index < -0.39 is 0 Å². The molecule has 0 bridgehead atoms. The Morgan fingerprint density at radius 2 is 1.20 bits per heavy atom. The van der Waals surface area contributed by atoms with Crippen LogP contribution in [0.4, 0.5) is 0 Å². The zero-order valence-electron chi connectivity index (χ0n) is 18.8. The van der Waals surface area contributed by atoms with Crippen LogP contribution in [0.25, 0.3) is 10.8 Å². The van der Waals surface area contributed by atoms with E-state index in [0.717, 1.165) is 0 Å². The maximum atomic E-state index is 2.57. The number of thioether (sulfide) groups is 2. The lowest BCUT2D eigenvalue weighted by atomic mass is 9.63. The van der Waals surface area contributed by atoms with Crippen LogP contribution in [0, 0.1) is 6.92 Å². The molecule has 0 unspecified atom stereocenters. The molecule has 1 fully saturated rings. The van der Waals surface area contributed by atoms with Gasteiger partial charge in [-0.05, 0) is 69.7 Å². The molecule has 30 heavy (non-hydrogen) atoms. The third-order valence-electron chi connectivity index (χ3n) is 7.30. The Kier molecular flexibility index (Phi) is 4.83. The molecule has 0 amide bonds. The van der Waals surface area contributed by atoms with Crippen molar-refractivity contribution in [3.63, 3.8) is 0 Å². The molecule has 1 saturated heterocycles. The molecule has 1 aliphatic carbocycles. The highest BCUT2D eigenvalue weighted by atomic mass is 32.2. The first-order valence-electron chi connectivity index (χ1n) is 11.2. The van der Waals surface area contributed by atoms with Crippen molar-refractivity contribution < 1.29 is 0 Å². The smallest absolute Gasteiger partial charge is 0.111 e. The van der Waals surface area contributed by atoms with E-state index in [2.05, 4.69) is 113 Å². The molecule has 0 N–H and O–H groups in total. The van der Waals surface area contributed by atoms with Gasteiger partial charge in [-0.2, -0.15) is 0 Å². The molecule has 1 heterocycles. The van der Waals surface area contributed by atoms with Gasteiger partial charge >= 0.3 is 0 Å². The van der Waals surface area contributed by atoms with Gasteiger partial charge in [0.2, 0.25) is 0 Å². The summed E-state index contributed by atoms with van der Waals surface area (Å²) in [5, 5.41) is 2.69. The monoisotopic (exact) mass is 432 g/mol. The fourth-order valence-electron chi connectivity index (χ4n) is 5.28. The van der Waals surface area contributed by atoms with Crippen LogP contribution < -0.4 is 0 Å². The zero-order chi connectivity index (χ0) is 21.1. The highest BCUT2D eigenvalue weighted by Gasteiger charge is 2.42. The Labute approximate surface area is 190 Å². The Morgan fingerprint density at radius 1 is 0.633 bits per heavy atom. The molecule has 3 aromatic rings. The van der Waals surface area contributed by atoms with E-state index in [0.29, 0.717) is 0 Å². The van der Waals surface area contributed by atoms with E-state index in [4.69, 9.17) is 0 Å². The first-order valence-corrected chi connectivity index (χ1v) is 13.1. The minimum Gasteiger partial charge on any atom is -0.134 e. The third-order valence-corrected chi connectivity index (χ3v) is 10.8. The van der Waals surface area contributed by atoms with E-state index in [1.54, 1.807) is 11.1 Å². The number of hydrogen-bond acceptors (Lipinski definition) is 2. The molecule has 156 valence electrons. The van der Waals surface area contributed by atoms with Gasteiger partial charge in [0.25, 0.3) is 0 Å². The van der Waals surface area contributed by atoms with Gasteiger partial charge in [-0.15, -0.1) is 23.5 Å². The number of hydrogen-bond donors (Lipinski definition) is 0. The Hall–Kier alpha value is -1.38. The van der Waals surface area contributed by atoms with Crippen LogP contribution in [-0.4, -0.2) is 11.5 Å². The van der Waals surface area contributed by atoms with Crippen LogP contribution in [0.3, 0.4) is 0 Å². The molecule has 1 aliphatic heterocycles. The number of aryl methyl sites for hydroxylation is 1. The van der Waals surface area contributed by atoms with E-state index >= 15 is 0 Å². The summed E-state index contributed by atoms with van der Waals surface area (Å²) < 4.78 is 0.00573. The van der Waals surface area contributed by atoms with Gasteiger partial charge in [-0.3, -0.25) is 0 Å². The van der Waals surface area contributed by atoms with Crippen LogP contribution >= 0.6 is 23.5 Å². The fourth-order valence-corrected chi connectivity index (χ4v) is 8.53. The highest BCUT2D eigenvalue weighted by Crippen LogP contribution is 2.58. The number of fused-ring (bicyclic) bond motifs is 2. The molecule has 0 radical (unpaired) electrons. The fraction of sp³-hybridized carbons (Fsp3) is 0.429. The number of benzene rings is 3. The first kappa shape index (κ1) is 20.5. The lowest BCUT2D eigenvalue weighted by molar-refractivity contribution is 0.331. The maximum absolute atomic E-state index is 2.57. The summed E-state index contributed by atoms with van der Waals surface area (Å²) in [6.45, 7) is 11.9. The van der Waals surface area contributed by atoms with Crippen molar-refractivity contribution >= 4 is 34.3 Å². The molecule has 2 heteroatoms. The van der Waals surface area contributed by atoms with Crippen molar-refractivity contribution in [3.05, 3.63) is 82.4 Å². The molecule has 2 aliphatic rings. The minimum atomic E-state index is 0.00573. The van der Waals surface area contributed by atoms with Crippen LogP contribution in [-0.2, 0) is 14.9 Å². The van der Waals surface area contributed by atoms with Crippen LogP contribution in [0.1, 0.15) is 68.4 Å².